The molecular formula is C15H26N2O2. The summed E-state index contributed by atoms with van der Waals surface area (Å²) >= 11 is 0. The van der Waals surface area contributed by atoms with Crippen LogP contribution < -0.4 is 11.5 Å². The van der Waals surface area contributed by atoms with Gasteiger partial charge in [-0.3, -0.25) is 4.79 Å². The fourth-order valence-electron chi connectivity index (χ4n) is 4.80. The monoisotopic (exact) mass is 266 g/mol. The first-order valence-electron chi connectivity index (χ1n) is 7.44. The van der Waals surface area contributed by atoms with Gasteiger partial charge >= 0.3 is 5.97 Å². The third-order valence-electron chi connectivity index (χ3n) is 5.34. The molecule has 4 fully saturated rings. The summed E-state index contributed by atoms with van der Waals surface area (Å²) in [5.74, 6) is 0.871. The Hall–Kier alpha value is -0.610. The molecule has 0 radical (unpaired) electrons. The molecule has 4 bridgehead atoms. The van der Waals surface area contributed by atoms with Crippen molar-refractivity contribution in [1.82, 2.24) is 0 Å². The summed E-state index contributed by atoms with van der Waals surface area (Å²) in [7, 11) is 0. The zero-order valence-corrected chi connectivity index (χ0v) is 12.2. The summed E-state index contributed by atoms with van der Waals surface area (Å²) in [6.07, 6.45) is 4.98. The molecule has 0 saturated heterocycles. The van der Waals surface area contributed by atoms with Gasteiger partial charge < -0.3 is 16.2 Å². The fraction of sp³-hybridized carbons (Fsp3) is 0.933. The number of ether oxygens (including phenoxy) is 1. The van der Waals surface area contributed by atoms with Crippen LogP contribution in [-0.4, -0.2) is 22.6 Å². The lowest BCUT2D eigenvalue weighted by Gasteiger charge is -2.62. The van der Waals surface area contributed by atoms with Gasteiger partial charge in [-0.15, -0.1) is 0 Å². The van der Waals surface area contributed by atoms with E-state index in [1.165, 1.54) is 0 Å². The van der Waals surface area contributed by atoms with E-state index < -0.39 is 11.1 Å². The van der Waals surface area contributed by atoms with Crippen LogP contribution in [0.5, 0.6) is 0 Å². The molecular weight excluding hydrogens is 240 g/mol. The predicted molar refractivity (Wildman–Crippen MR) is 73.2 cm³/mol. The van der Waals surface area contributed by atoms with E-state index in [9.17, 15) is 4.79 Å². The van der Waals surface area contributed by atoms with Crippen molar-refractivity contribution in [3.05, 3.63) is 0 Å². The van der Waals surface area contributed by atoms with Gasteiger partial charge in [0.25, 0.3) is 0 Å². The molecule has 0 aromatic carbocycles. The Kier molecular flexibility index (Phi) is 2.63. The molecule has 4 saturated carbocycles. The van der Waals surface area contributed by atoms with Crippen molar-refractivity contribution in [2.45, 2.75) is 69.6 Å². The third-order valence-corrected chi connectivity index (χ3v) is 5.34. The van der Waals surface area contributed by atoms with Gasteiger partial charge in [0.15, 0.2) is 0 Å². The molecule has 4 aliphatic rings. The first kappa shape index (κ1) is 13.4. The summed E-state index contributed by atoms with van der Waals surface area (Å²) < 4.78 is 5.59. The minimum absolute atomic E-state index is 0.0681. The number of hydrogen-bond donors (Lipinski definition) is 2. The van der Waals surface area contributed by atoms with Gasteiger partial charge in [0.1, 0.15) is 11.1 Å². The van der Waals surface area contributed by atoms with E-state index >= 15 is 0 Å². The van der Waals surface area contributed by atoms with Gasteiger partial charge in [0.2, 0.25) is 0 Å². The number of nitrogens with two attached hydrogens (primary N) is 2. The minimum Gasteiger partial charge on any atom is -0.459 e. The Morgan fingerprint density at radius 1 is 1.11 bits per heavy atom. The highest BCUT2D eigenvalue weighted by molar-refractivity contribution is 5.82. The van der Waals surface area contributed by atoms with E-state index in [0.29, 0.717) is 5.92 Å². The lowest BCUT2D eigenvalue weighted by Crippen LogP contribution is -2.73. The number of carbonyl (C=O) groups is 1. The average Bonchev–Trinajstić information content (AvgIpc) is 2.20. The highest BCUT2D eigenvalue weighted by Gasteiger charge is 2.63. The van der Waals surface area contributed by atoms with E-state index in [1.807, 2.05) is 20.8 Å². The molecule has 4 aliphatic carbocycles. The first-order valence-corrected chi connectivity index (χ1v) is 7.44. The van der Waals surface area contributed by atoms with E-state index in [1.54, 1.807) is 0 Å². The Morgan fingerprint density at radius 3 is 2.05 bits per heavy atom. The first-order chi connectivity index (χ1) is 8.62. The van der Waals surface area contributed by atoms with Crippen molar-refractivity contribution in [3.63, 3.8) is 0 Å². The van der Waals surface area contributed by atoms with Crippen LogP contribution in [0.4, 0.5) is 0 Å². The average molecular weight is 266 g/mol. The fourth-order valence-corrected chi connectivity index (χ4v) is 4.80. The molecule has 4 N–H and O–H groups in total. The molecule has 4 rings (SSSR count). The molecule has 0 amide bonds. The molecule has 0 aliphatic heterocycles. The standard InChI is InChI=1S/C15H26N2O2/c1-13(2,3)19-12(18)15(17)10-4-9-5-11(15)8-14(16,6-9)7-10/h9-11H,4-8,16-17H2,1-3H3. The van der Waals surface area contributed by atoms with Crippen LogP contribution in [0.1, 0.15) is 52.9 Å². The molecule has 0 aromatic rings. The predicted octanol–water partition coefficient (Wildman–Crippen LogP) is 1.56. The van der Waals surface area contributed by atoms with Crippen LogP contribution in [-0.2, 0) is 9.53 Å². The van der Waals surface area contributed by atoms with Crippen LogP contribution in [0, 0.1) is 17.8 Å². The molecule has 2 atom stereocenters. The zero-order chi connectivity index (χ0) is 14.1. The Labute approximate surface area is 115 Å². The maximum Gasteiger partial charge on any atom is 0.327 e. The highest BCUT2D eigenvalue weighted by Crippen LogP contribution is 2.58. The maximum absolute atomic E-state index is 12.6. The second-order valence-corrected chi connectivity index (χ2v) is 8.14. The van der Waals surface area contributed by atoms with Crippen LogP contribution >= 0.6 is 0 Å². The highest BCUT2D eigenvalue weighted by atomic mass is 16.6. The topological polar surface area (TPSA) is 78.3 Å². The van der Waals surface area contributed by atoms with Crippen LogP contribution in [0.15, 0.2) is 0 Å². The molecule has 4 heteroatoms. The van der Waals surface area contributed by atoms with E-state index in [2.05, 4.69) is 0 Å². The lowest BCUT2D eigenvalue weighted by molar-refractivity contribution is -0.178. The minimum atomic E-state index is -0.799. The Bertz CT molecular complexity index is 397. The molecule has 0 heterocycles. The van der Waals surface area contributed by atoms with Crippen LogP contribution in [0.25, 0.3) is 0 Å². The number of rotatable bonds is 1. The van der Waals surface area contributed by atoms with Gasteiger partial charge in [0.05, 0.1) is 0 Å². The normalized spacial score (nSPS) is 48.4. The SMILES string of the molecule is CC(C)(C)OC(=O)C1(N)C2CC3CC1CC(N)(C3)C2. The molecule has 19 heavy (non-hydrogen) atoms. The second kappa shape index (κ2) is 3.73. The molecule has 108 valence electrons. The second-order valence-electron chi connectivity index (χ2n) is 8.14. The van der Waals surface area contributed by atoms with Crippen LogP contribution in [0.2, 0.25) is 0 Å². The number of esters is 1. The van der Waals surface area contributed by atoms with E-state index in [4.69, 9.17) is 16.2 Å². The third kappa shape index (κ3) is 2.00. The molecule has 0 aromatic heterocycles. The summed E-state index contributed by atoms with van der Waals surface area (Å²) in [6.45, 7) is 5.69. The zero-order valence-electron chi connectivity index (χ0n) is 12.2. The Morgan fingerprint density at radius 2 is 1.63 bits per heavy atom. The van der Waals surface area contributed by atoms with Gasteiger partial charge in [-0.25, -0.2) is 0 Å². The van der Waals surface area contributed by atoms with Gasteiger partial charge in [-0.2, -0.15) is 0 Å². The Balaban J connectivity index is 1.87. The van der Waals surface area contributed by atoms with Gasteiger partial charge in [-0.05, 0) is 70.6 Å². The molecule has 4 nitrogen and oxygen atoms in total. The van der Waals surface area contributed by atoms with Crippen molar-refractivity contribution < 1.29 is 9.53 Å². The summed E-state index contributed by atoms with van der Waals surface area (Å²) in [5.41, 5.74) is 11.7. The number of hydrogen-bond acceptors (Lipinski definition) is 4. The molecule has 2 unspecified atom stereocenters. The van der Waals surface area contributed by atoms with Crippen molar-refractivity contribution in [1.29, 1.82) is 0 Å². The number of carbonyl (C=O) groups excluding carboxylic acids is 1. The van der Waals surface area contributed by atoms with Gasteiger partial charge in [0, 0.05) is 5.54 Å². The quantitative estimate of drug-likeness (QED) is 0.706. The summed E-state index contributed by atoms with van der Waals surface area (Å²) in [5, 5.41) is 0. The summed E-state index contributed by atoms with van der Waals surface area (Å²) in [6, 6.07) is 0. The maximum atomic E-state index is 12.6. The smallest absolute Gasteiger partial charge is 0.327 e. The van der Waals surface area contributed by atoms with Gasteiger partial charge in [-0.1, -0.05) is 0 Å². The lowest BCUT2D eigenvalue weighted by atomic mass is 9.46. The van der Waals surface area contributed by atoms with E-state index in [0.717, 1.165) is 32.1 Å². The van der Waals surface area contributed by atoms with Crippen molar-refractivity contribution in [2.75, 3.05) is 0 Å². The van der Waals surface area contributed by atoms with Crippen LogP contribution in [0.3, 0.4) is 0 Å². The van der Waals surface area contributed by atoms with Crippen molar-refractivity contribution in [3.8, 4) is 0 Å². The summed E-state index contributed by atoms with van der Waals surface area (Å²) in [4.78, 5) is 12.6. The van der Waals surface area contributed by atoms with Crippen molar-refractivity contribution in [2.24, 2.45) is 29.2 Å². The van der Waals surface area contributed by atoms with E-state index in [-0.39, 0.29) is 23.3 Å². The van der Waals surface area contributed by atoms with Crippen molar-refractivity contribution >= 4 is 5.97 Å². The molecule has 0 spiro atoms. The largest absolute Gasteiger partial charge is 0.459 e.